The Kier molecular flexibility index (Phi) is 6.92. The Balaban J connectivity index is 1.78. The summed E-state index contributed by atoms with van der Waals surface area (Å²) in [6, 6.07) is 5.93. The van der Waals surface area contributed by atoms with E-state index in [0.717, 1.165) is 16.7 Å². The van der Waals surface area contributed by atoms with Crippen molar-refractivity contribution < 1.29 is 14.3 Å². The van der Waals surface area contributed by atoms with Gasteiger partial charge in [-0.25, -0.2) is 0 Å². The molecule has 0 radical (unpaired) electrons. The van der Waals surface area contributed by atoms with E-state index < -0.39 is 0 Å². The molecule has 2 atom stereocenters. The van der Waals surface area contributed by atoms with Gasteiger partial charge in [-0.2, -0.15) is 5.10 Å². The number of amides is 2. The zero-order valence-corrected chi connectivity index (χ0v) is 18.5. The highest BCUT2D eigenvalue weighted by atomic mass is 16.5. The second-order valence-electron chi connectivity index (χ2n) is 8.42. The van der Waals surface area contributed by atoms with Crippen LogP contribution in [0.2, 0.25) is 0 Å². The minimum absolute atomic E-state index is 0.0194. The van der Waals surface area contributed by atoms with E-state index >= 15 is 0 Å². The van der Waals surface area contributed by atoms with Gasteiger partial charge in [0.05, 0.1) is 18.8 Å². The van der Waals surface area contributed by atoms with Crippen LogP contribution in [0.3, 0.4) is 0 Å². The summed E-state index contributed by atoms with van der Waals surface area (Å²) in [7, 11) is 1.63. The Morgan fingerprint density at radius 1 is 1.27 bits per heavy atom. The lowest BCUT2D eigenvalue weighted by molar-refractivity contribution is -0.129. The van der Waals surface area contributed by atoms with Crippen LogP contribution in [0.5, 0.6) is 0 Å². The SMILES string of the molecule is COCCN1C(=O)C[C@@H](CNC(=O)c2cc(C)cc(C)c2)[C@@H]1c1cnn(C(C)C)c1. The first-order valence-electron chi connectivity index (χ1n) is 10.5. The Labute approximate surface area is 178 Å². The van der Waals surface area contributed by atoms with Gasteiger partial charge >= 0.3 is 0 Å². The standard InChI is InChI=1S/C23H32N4O3/c1-15(2)27-14-20(13-25-27)22-19(11-21(28)26(22)6-7-30-5)12-24-23(29)18-9-16(3)8-17(4)10-18/h8-10,13-15,19,22H,6-7,11-12H2,1-5H3,(H,24,29)/t19-,22+/m0/s1. The van der Waals surface area contributed by atoms with Crippen molar-refractivity contribution in [2.45, 2.75) is 46.2 Å². The third-order valence-corrected chi connectivity index (χ3v) is 5.58. The summed E-state index contributed by atoms with van der Waals surface area (Å²) in [5, 5.41) is 7.50. The second kappa shape index (κ2) is 9.43. The molecular weight excluding hydrogens is 380 g/mol. The summed E-state index contributed by atoms with van der Waals surface area (Å²) in [4.78, 5) is 27.3. The molecule has 1 aliphatic heterocycles. The Hall–Kier alpha value is -2.67. The highest BCUT2D eigenvalue weighted by Gasteiger charge is 2.41. The van der Waals surface area contributed by atoms with Crippen LogP contribution in [0.15, 0.2) is 30.6 Å². The van der Waals surface area contributed by atoms with Crippen LogP contribution in [0.4, 0.5) is 0 Å². The van der Waals surface area contributed by atoms with Crippen molar-refractivity contribution in [1.82, 2.24) is 20.0 Å². The number of rotatable bonds is 8. The molecule has 0 bridgehead atoms. The molecule has 0 aliphatic carbocycles. The quantitative estimate of drug-likeness (QED) is 0.723. The van der Waals surface area contributed by atoms with Crippen molar-refractivity contribution in [3.8, 4) is 0 Å². The summed E-state index contributed by atoms with van der Waals surface area (Å²) in [6.07, 6.45) is 4.24. The lowest BCUT2D eigenvalue weighted by atomic mass is 9.95. The topological polar surface area (TPSA) is 76.5 Å². The molecule has 2 heterocycles. The van der Waals surface area contributed by atoms with Crippen LogP contribution in [0, 0.1) is 19.8 Å². The van der Waals surface area contributed by atoms with Gasteiger partial charge in [0.25, 0.3) is 5.91 Å². The Bertz CT molecular complexity index is 885. The smallest absolute Gasteiger partial charge is 0.251 e. The average molecular weight is 413 g/mol. The van der Waals surface area contributed by atoms with Crippen LogP contribution in [0.1, 0.15) is 59.4 Å². The van der Waals surface area contributed by atoms with Gasteiger partial charge in [0.2, 0.25) is 5.91 Å². The van der Waals surface area contributed by atoms with Crippen molar-refractivity contribution >= 4 is 11.8 Å². The third kappa shape index (κ3) is 4.90. The monoisotopic (exact) mass is 412 g/mol. The summed E-state index contributed by atoms with van der Waals surface area (Å²) in [5.74, 6) is -0.0461. The number of benzene rings is 1. The van der Waals surface area contributed by atoms with E-state index in [1.165, 1.54) is 0 Å². The highest BCUT2D eigenvalue weighted by Crippen LogP contribution is 2.37. The lowest BCUT2D eigenvalue weighted by Crippen LogP contribution is -2.35. The number of ether oxygens (including phenoxy) is 1. The van der Waals surface area contributed by atoms with Gasteiger partial charge in [-0.1, -0.05) is 17.2 Å². The fourth-order valence-corrected chi connectivity index (χ4v) is 4.17. The molecular formula is C23H32N4O3. The number of nitrogens with one attached hydrogen (secondary N) is 1. The van der Waals surface area contributed by atoms with Gasteiger partial charge in [-0.15, -0.1) is 0 Å². The molecule has 1 aromatic heterocycles. The maximum atomic E-state index is 12.7. The number of aryl methyl sites for hydroxylation is 2. The zero-order valence-electron chi connectivity index (χ0n) is 18.5. The van der Waals surface area contributed by atoms with Gasteiger partial charge in [-0.3, -0.25) is 14.3 Å². The van der Waals surface area contributed by atoms with Gasteiger partial charge in [0, 0.05) is 55.9 Å². The number of carbonyl (C=O) groups excluding carboxylic acids is 2. The Morgan fingerprint density at radius 2 is 1.97 bits per heavy atom. The minimum atomic E-state index is -0.125. The maximum Gasteiger partial charge on any atom is 0.251 e. The summed E-state index contributed by atoms with van der Waals surface area (Å²) >= 11 is 0. The molecule has 1 N–H and O–H groups in total. The molecule has 0 spiro atoms. The first-order chi connectivity index (χ1) is 14.3. The number of hydrogen-bond donors (Lipinski definition) is 1. The molecule has 0 saturated carbocycles. The average Bonchev–Trinajstić information content (AvgIpc) is 3.28. The molecule has 7 heteroatoms. The van der Waals surface area contributed by atoms with Gasteiger partial charge in [0.1, 0.15) is 0 Å². The molecule has 2 amide bonds. The number of methoxy groups -OCH3 is 1. The van der Waals surface area contributed by atoms with Gasteiger partial charge < -0.3 is 15.0 Å². The van der Waals surface area contributed by atoms with Crippen LogP contribution in [-0.4, -0.2) is 53.3 Å². The van der Waals surface area contributed by atoms with Gasteiger partial charge in [0.15, 0.2) is 0 Å². The number of nitrogens with zero attached hydrogens (tertiary/aromatic N) is 3. The maximum absolute atomic E-state index is 12.7. The molecule has 0 unspecified atom stereocenters. The predicted molar refractivity (Wildman–Crippen MR) is 115 cm³/mol. The van der Waals surface area contributed by atoms with Gasteiger partial charge in [-0.05, 0) is 39.8 Å². The van der Waals surface area contributed by atoms with E-state index in [-0.39, 0.29) is 29.8 Å². The fourth-order valence-electron chi connectivity index (χ4n) is 4.17. The molecule has 7 nitrogen and oxygen atoms in total. The first kappa shape index (κ1) is 22.0. The number of likely N-dealkylation sites (tertiary alicyclic amines) is 1. The molecule has 1 saturated heterocycles. The van der Waals surface area contributed by atoms with Crippen molar-refractivity contribution in [2.24, 2.45) is 5.92 Å². The number of carbonyl (C=O) groups is 2. The van der Waals surface area contributed by atoms with E-state index in [0.29, 0.717) is 31.7 Å². The molecule has 3 rings (SSSR count). The summed E-state index contributed by atoms with van der Waals surface area (Å²) < 4.78 is 7.11. The third-order valence-electron chi connectivity index (χ3n) is 5.58. The number of aromatic nitrogens is 2. The second-order valence-corrected chi connectivity index (χ2v) is 8.42. The molecule has 2 aromatic rings. The molecule has 30 heavy (non-hydrogen) atoms. The zero-order chi connectivity index (χ0) is 21.8. The molecule has 1 aliphatic rings. The largest absolute Gasteiger partial charge is 0.383 e. The first-order valence-corrected chi connectivity index (χ1v) is 10.5. The predicted octanol–water partition coefficient (Wildman–Crippen LogP) is 3.05. The summed E-state index contributed by atoms with van der Waals surface area (Å²) in [5.41, 5.74) is 3.76. The molecule has 162 valence electrons. The van der Waals surface area contributed by atoms with E-state index in [2.05, 4.69) is 24.3 Å². The fraction of sp³-hybridized carbons (Fsp3) is 0.522. The van der Waals surface area contributed by atoms with E-state index in [4.69, 9.17) is 4.74 Å². The van der Waals surface area contributed by atoms with Crippen molar-refractivity contribution in [1.29, 1.82) is 0 Å². The highest BCUT2D eigenvalue weighted by molar-refractivity contribution is 5.94. The van der Waals surface area contributed by atoms with Crippen LogP contribution >= 0.6 is 0 Å². The van der Waals surface area contributed by atoms with Crippen molar-refractivity contribution in [3.05, 3.63) is 52.8 Å². The Morgan fingerprint density at radius 3 is 2.57 bits per heavy atom. The van der Waals surface area contributed by atoms with E-state index in [1.54, 1.807) is 7.11 Å². The van der Waals surface area contributed by atoms with Crippen LogP contribution in [-0.2, 0) is 9.53 Å². The minimum Gasteiger partial charge on any atom is -0.383 e. The summed E-state index contributed by atoms with van der Waals surface area (Å²) in [6.45, 7) is 9.53. The van der Waals surface area contributed by atoms with Crippen LogP contribution < -0.4 is 5.32 Å². The van der Waals surface area contributed by atoms with Crippen molar-refractivity contribution in [3.63, 3.8) is 0 Å². The number of hydrogen-bond acceptors (Lipinski definition) is 4. The van der Waals surface area contributed by atoms with Crippen LogP contribution in [0.25, 0.3) is 0 Å². The van der Waals surface area contributed by atoms with E-state index in [9.17, 15) is 9.59 Å². The van der Waals surface area contributed by atoms with Crippen molar-refractivity contribution in [2.75, 3.05) is 26.8 Å². The molecule has 1 aromatic carbocycles. The normalized spacial score (nSPS) is 19.0. The van der Waals surface area contributed by atoms with E-state index in [1.807, 2.05) is 54.0 Å². The molecule has 1 fully saturated rings. The lowest BCUT2D eigenvalue weighted by Gasteiger charge is -2.27.